The van der Waals surface area contributed by atoms with Gasteiger partial charge < -0.3 is 20.5 Å². The molecule has 24 heavy (non-hydrogen) atoms. The number of nitrogens with zero attached hydrogens (tertiary/aromatic N) is 2. The Morgan fingerprint density at radius 3 is 2.75 bits per heavy atom. The molecule has 9 heteroatoms. The van der Waals surface area contributed by atoms with Gasteiger partial charge in [-0.2, -0.15) is 0 Å². The molecular weight excluding hydrogens is 332 g/mol. The third kappa shape index (κ3) is 4.09. The fourth-order valence-electron chi connectivity index (χ4n) is 2.56. The number of nitrogens with one attached hydrogen (secondary N) is 1. The summed E-state index contributed by atoms with van der Waals surface area (Å²) in [5, 5.41) is 3.02. The van der Waals surface area contributed by atoms with Gasteiger partial charge in [-0.05, 0) is 12.1 Å². The van der Waals surface area contributed by atoms with Gasteiger partial charge in [0.2, 0.25) is 10.0 Å². The van der Waals surface area contributed by atoms with E-state index in [1.54, 1.807) is 0 Å². The van der Waals surface area contributed by atoms with Gasteiger partial charge in [-0.3, -0.25) is 4.99 Å². The maximum atomic E-state index is 11.3. The van der Waals surface area contributed by atoms with Crippen molar-refractivity contribution in [3.05, 3.63) is 18.2 Å². The van der Waals surface area contributed by atoms with E-state index >= 15 is 0 Å². The zero-order valence-electron chi connectivity index (χ0n) is 13.6. The summed E-state index contributed by atoms with van der Waals surface area (Å²) in [5.74, 6) is 1.92. The fraction of sp³-hybridized carbons (Fsp3) is 0.533. The number of fused-ring (bicyclic) bond motifs is 1. The molecule has 2 heterocycles. The lowest BCUT2D eigenvalue weighted by atomic mass is 10.0. The molecule has 8 nitrogen and oxygen atoms in total. The van der Waals surface area contributed by atoms with Gasteiger partial charge in [0.25, 0.3) is 0 Å². The summed E-state index contributed by atoms with van der Waals surface area (Å²) in [6.45, 7) is 2.77. The number of nitrogens with two attached hydrogens (primary N) is 1. The second-order valence-corrected chi connectivity index (χ2v) is 7.99. The first-order valence-corrected chi connectivity index (χ1v) is 9.68. The van der Waals surface area contributed by atoms with Crippen LogP contribution in [0.3, 0.4) is 0 Å². The van der Waals surface area contributed by atoms with Crippen molar-refractivity contribution in [2.75, 3.05) is 44.4 Å². The zero-order chi connectivity index (χ0) is 17.2. The number of ether oxygens (including phenoxy) is 2. The summed E-state index contributed by atoms with van der Waals surface area (Å²) in [4.78, 5) is 4.28. The molecule has 0 unspecified atom stereocenters. The zero-order valence-corrected chi connectivity index (χ0v) is 14.4. The molecule has 2 aliphatic rings. The number of sulfonamides is 1. The lowest BCUT2D eigenvalue weighted by Crippen LogP contribution is -2.50. The third-order valence-electron chi connectivity index (χ3n) is 3.93. The molecule has 1 aromatic rings. The SMILES string of the molecule is CS(=O)(=O)N1CC(CN=C(N)Nc2ccc3c(c2)OCCCO3)C1. The van der Waals surface area contributed by atoms with Gasteiger partial charge >= 0.3 is 0 Å². The van der Waals surface area contributed by atoms with Crippen LogP contribution in [0.2, 0.25) is 0 Å². The topological polar surface area (TPSA) is 106 Å². The average Bonchev–Trinajstić information content (AvgIpc) is 2.69. The summed E-state index contributed by atoms with van der Waals surface area (Å²) < 4.78 is 35.3. The standard InChI is InChI=1S/C15H22N4O4S/c1-24(20,21)19-9-11(10-19)8-17-15(16)18-12-3-4-13-14(7-12)23-6-2-5-22-13/h3-4,7,11H,2,5-6,8-10H2,1H3,(H3,16,17,18). The van der Waals surface area contributed by atoms with Crippen molar-refractivity contribution in [1.29, 1.82) is 0 Å². The molecule has 0 saturated carbocycles. The number of rotatable bonds is 4. The number of hydrogen-bond donors (Lipinski definition) is 2. The summed E-state index contributed by atoms with van der Waals surface area (Å²) in [5.41, 5.74) is 6.67. The maximum Gasteiger partial charge on any atom is 0.211 e. The Morgan fingerprint density at radius 2 is 2.04 bits per heavy atom. The molecule has 0 bridgehead atoms. The molecule has 0 radical (unpaired) electrons. The summed E-state index contributed by atoms with van der Waals surface area (Å²) in [6, 6.07) is 5.52. The first kappa shape index (κ1) is 16.8. The van der Waals surface area contributed by atoms with E-state index in [1.807, 2.05) is 18.2 Å². The first-order valence-electron chi connectivity index (χ1n) is 7.83. The summed E-state index contributed by atoms with van der Waals surface area (Å²) in [7, 11) is -3.09. The van der Waals surface area contributed by atoms with Crippen molar-refractivity contribution < 1.29 is 17.9 Å². The van der Waals surface area contributed by atoms with Crippen molar-refractivity contribution >= 4 is 21.7 Å². The minimum atomic E-state index is -3.09. The molecular formula is C15H22N4O4S. The molecule has 0 spiro atoms. The fourth-order valence-corrected chi connectivity index (χ4v) is 3.53. The summed E-state index contributed by atoms with van der Waals surface area (Å²) >= 11 is 0. The van der Waals surface area contributed by atoms with E-state index in [0.29, 0.717) is 44.6 Å². The average molecular weight is 354 g/mol. The van der Waals surface area contributed by atoms with Crippen molar-refractivity contribution in [3.8, 4) is 11.5 Å². The molecule has 0 aliphatic carbocycles. The first-order chi connectivity index (χ1) is 11.4. The van der Waals surface area contributed by atoms with Crippen LogP contribution in [-0.2, 0) is 10.0 Å². The minimum Gasteiger partial charge on any atom is -0.490 e. The second-order valence-electron chi connectivity index (χ2n) is 6.01. The molecule has 0 amide bonds. The molecule has 1 fully saturated rings. The highest BCUT2D eigenvalue weighted by molar-refractivity contribution is 7.88. The number of aliphatic imine (C=N–C) groups is 1. The smallest absolute Gasteiger partial charge is 0.211 e. The second kappa shape index (κ2) is 6.86. The molecule has 132 valence electrons. The highest BCUT2D eigenvalue weighted by atomic mass is 32.2. The van der Waals surface area contributed by atoms with Gasteiger partial charge in [-0.15, -0.1) is 0 Å². The van der Waals surface area contributed by atoms with Crippen LogP contribution < -0.4 is 20.5 Å². The molecule has 1 aromatic carbocycles. The number of guanidine groups is 1. The van der Waals surface area contributed by atoms with Crippen LogP contribution in [0.4, 0.5) is 5.69 Å². The van der Waals surface area contributed by atoms with E-state index in [4.69, 9.17) is 15.2 Å². The Kier molecular flexibility index (Phi) is 4.81. The maximum absolute atomic E-state index is 11.3. The van der Waals surface area contributed by atoms with Gasteiger partial charge in [0, 0.05) is 43.7 Å². The molecule has 0 atom stereocenters. The van der Waals surface area contributed by atoms with Crippen molar-refractivity contribution in [2.45, 2.75) is 6.42 Å². The van der Waals surface area contributed by atoms with Crippen LogP contribution in [0, 0.1) is 5.92 Å². The Balaban J connectivity index is 1.53. The quantitative estimate of drug-likeness (QED) is 0.601. The highest BCUT2D eigenvalue weighted by Crippen LogP contribution is 2.32. The van der Waals surface area contributed by atoms with Crippen LogP contribution in [0.15, 0.2) is 23.2 Å². The predicted octanol–water partition coefficient (Wildman–Crippen LogP) is 0.466. The van der Waals surface area contributed by atoms with Crippen molar-refractivity contribution in [1.82, 2.24) is 4.31 Å². The molecule has 3 N–H and O–H groups in total. The Hall–Kier alpha value is -2.00. The third-order valence-corrected chi connectivity index (χ3v) is 5.17. The molecule has 0 aromatic heterocycles. The van der Waals surface area contributed by atoms with Crippen LogP contribution >= 0.6 is 0 Å². The van der Waals surface area contributed by atoms with Gasteiger partial charge in [0.1, 0.15) is 0 Å². The monoisotopic (exact) mass is 354 g/mol. The largest absolute Gasteiger partial charge is 0.490 e. The number of hydrogen-bond acceptors (Lipinski definition) is 5. The number of anilines is 1. The lowest BCUT2D eigenvalue weighted by molar-refractivity contribution is 0.209. The van der Waals surface area contributed by atoms with Crippen LogP contribution in [0.5, 0.6) is 11.5 Å². The predicted molar refractivity (Wildman–Crippen MR) is 92.1 cm³/mol. The Labute approximate surface area is 141 Å². The normalized spacial score (nSPS) is 19.5. The Morgan fingerprint density at radius 1 is 1.33 bits per heavy atom. The van der Waals surface area contributed by atoms with E-state index in [2.05, 4.69) is 10.3 Å². The van der Waals surface area contributed by atoms with E-state index in [0.717, 1.165) is 17.9 Å². The van der Waals surface area contributed by atoms with Crippen LogP contribution in [0.1, 0.15) is 6.42 Å². The molecule has 1 saturated heterocycles. The van der Waals surface area contributed by atoms with Gasteiger partial charge in [-0.25, -0.2) is 12.7 Å². The van der Waals surface area contributed by atoms with Crippen molar-refractivity contribution in [2.24, 2.45) is 16.6 Å². The lowest BCUT2D eigenvalue weighted by Gasteiger charge is -2.36. The van der Waals surface area contributed by atoms with Gasteiger partial charge in [0.15, 0.2) is 17.5 Å². The van der Waals surface area contributed by atoms with Crippen LogP contribution in [0.25, 0.3) is 0 Å². The highest BCUT2D eigenvalue weighted by Gasteiger charge is 2.32. The van der Waals surface area contributed by atoms with E-state index in [1.165, 1.54) is 10.6 Å². The van der Waals surface area contributed by atoms with Crippen LogP contribution in [-0.4, -0.2) is 57.8 Å². The number of benzene rings is 1. The molecule has 3 rings (SSSR count). The van der Waals surface area contributed by atoms with E-state index < -0.39 is 10.0 Å². The summed E-state index contributed by atoms with van der Waals surface area (Å²) in [6.07, 6.45) is 2.07. The van der Waals surface area contributed by atoms with Crippen molar-refractivity contribution in [3.63, 3.8) is 0 Å². The van der Waals surface area contributed by atoms with Gasteiger partial charge in [-0.1, -0.05) is 0 Å². The van der Waals surface area contributed by atoms with Gasteiger partial charge in [0.05, 0.1) is 19.5 Å². The Bertz CT molecular complexity index is 729. The molecule has 2 aliphatic heterocycles. The van der Waals surface area contributed by atoms with E-state index in [9.17, 15) is 8.42 Å². The van der Waals surface area contributed by atoms with E-state index in [-0.39, 0.29) is 5.92 Å². The minimum absolute atomic E-state index is 0.212.